The molecule has 0 saturated carbocycles. The van der Waals surface area contributed by atoms with Gasteiger partial charge in [-0.15, -0.1) is 0 Å². The van der Waals surface area contributed by atoms with Crippen molar-refractivity contribution in [1.29, 1.82) is 0 Å². The van der Waals surface area contributed by atoms with E-state index in [1.807, 2.05) is 0 Å². The first-order valence-electron chi connectivity index (χ1n) is 9.10. The Balaban J connectivity index is 2.36. The molecule has 3 rings (SSSR count). The normalized spacial score (nSPS) is 13.4. The molecule has 0 aliphatic heterocycles. The van der Waals surface area contributed by atoms with E-state index in [9.17, 15) is 33.2 Å². The van der Waals surface area contributed by atoms with Gasteiger partial charge in [0.25, 0.3) is 22.2 Å². The molecule has 0 amide bonds. The van der Waals surface area contributed by atoms with Gasteiger partial charge in [0, 0.05) is 32.1 Å². The van der Waals surface area contributed by atoms with Crippen LogP contribution < -0.4 is 0 Å². The van der Waals surface area contributed by atoms with Crippen molar-refractivity contribution in [3.8, 4) is 0 Å². The van der Waals surface area contributed by atoms with Gasteiger partial charge in [0.1, 0.15) is 0 Å². The summed E-state index contributed by atoms with van der Waals surface area (Å²) in [6.45, 7) is 1.47. The van der Waals surface area contributed by atoms with Crippen molar-refractivity contribution in [3.05, 3.63) is 121 Å². The van der Waals surface area contributed by atoms with E-state index in [0.717, 1.165) is 12.1 Å². The van der Waals surface area contributed by atoms with E-state index >= 15 is 0 Å². The minimum atomic E-state index is -4.79. The van der Waals surface area contributed by atoms with E-state index in [-0.39, 0.29) is 27.8 Å². The van der Waals surface area contributed by atoms with Gasteiger partial charge < -0.3 is 0 Å². The van der Waals surface area contributed by atoms with Crippen LogP contribution in [0.15, 0.2) is 77.7 Å². The number of nitro groups is 2. The number of hydrogen-bond acceptors (Lipinski definition) is 6. The summed E-state index contributed by atoms with van der Waals surface area (Å²) < 4.78 is 33.5. The minimum absolute atomic E-state index is 0.0518. The molecule has 2 unspecified atom stereocenters. The van der Waals surface area contributed by atoms with Crippen LogP contribution in [0.25, 0.3) is 0 Å². The summed E-state index contributed by atoms with van der Waals surface area (Å²) >= 11 is 0. The molecule has 1 N–H and O–H groups in total. The van der Waals surface area contributed by atoms with Crippen LogP contribution in [0, 0.1) is 27.2 Å². The standard InChI is InChI=1S/C21H18N2O7S/c1-14-18(20(22(24)25)15-8-4-2-5-9-15)12-17(31(28,29)30)13-19(14)21(23(26)27)16-10-6-3-7-11-16/h2-13,20-21H,1H3,(H,28,29,30). The summed E-state index contributed by atoms with van der Waals surface area (Å²) in [5, 5.41) is 23.9. The molecule has 10 heteroatoms. The number of nitrogens with zero attached hydrogens (tertiary/aromatic N) is 2. The first kappa shape index (κ1) is 22.1. The Morgan fingerprint density at radius 1 is 0.774 bits per heavy atom. The smallest absolute Gasteiger partial charge is 0.282 e. The predicted molar refractivity (Wildman–Crippen MR) is 112 cm³/mol. The van der Waals surface area contributed by atoms with Crippen LogP contribution in [0.4, 0.5) is 0 Å². The molecule has 0 heterocycles. The lowest BCUT2D eigenvalue weighted by Crippen LogP contribution is -2.19. The molecule has 0 bridgehead atoms. The molecule has 3 aromatic carbocycles. The van der Waals surface area contributed by atoms with Crippen LogP contribution in [0.2, 0.25) is 0 Å². The van der Waals surface area contributed by atoms with Gasteiger partial charge in [-0.1, -0.05) is 60.7 Å². The summed E-state index contributed by atoms with van der Waals surface area (Å²) in [5.74, 6) is 0. The maximum absolute atomic E-state index is 12.0. The quantitative estimate of drug-likeness (QED) is 0.331. The fourth-order valence-corrected chi connectivity index (χ4v) is 4.10. The molecule has 0 aliphatic carbocycles. The lowest BCUT2D eigenvalue weighted by Gasteiger charge is -2.19. The molecule has 0 saturated heterocycles. The van der Waals surface area contributed by atoms with Crippen molar-refractivity contribution in [3.63, 3.8) is 0 Å². The Bertz CT molecular complexity index is 1150. The van der Waals surface area contributed by atoms with Gasteiger partial charge >= 0.3 is 0 Å². The largest absolute Gasteiger partial charge is 0.294 e. The second-order valence-corrected chi connectivity index (χ2v) is 8.32. The van der Waals surface area contributed by atoms with Gasteiger partial charge in [-0.3, -0.25) is 24.8 Å². The monoisotopic (exact) mass is 442 g/mol. The van der Waals surface area contributed by atoms with Crippen LogP contribution >= 0.6 is 0 Å². The van der Waals surface area contributed by atoms with E-state index in [2.05, 4.69) is 0 Å². The van der Waals surface area contributed by atoms with E-state index in [4.69, 9.17) is 0 Å². The topological polar surface area (TPSA) is 141 Å². The predicted octanol–water partition coefficient (Wildman–Crippen LogP) is 3.97. The summed E-state index contributed by atoms with van der Waals surface area (Å²) in [5.41, 5.74) is 0.634. The van der Waals surface area contributed by atoms with Crippen molar-refractivity contribution < 1.29 is 22.8 Å². The van der Waals surface area contributed by atoms with Gasteiger partial charge in [0.15, 0.2) is 0 Å². The van der Waals surface area contributed by atoms with Gasteiger partial charge in [-0.05, 0) is 24.6 Å². The van der Waals surface area contributed by atoms with Crippen LogP contribution in [-0.2, 0) is 10.1 Å². The zero-order valence-corrected chi connectivity index (χ0v) is 17.1. The number of rotatable bonds is 7. The van der Waals surface area contributed by atoms with Gasteiger partial charge in [-0.2, -0.15) is 8.42 Å². The highest BCUT2D eigenvalue weighted by atomic mass is 32.2. The molecule has 2 atom stereocenters. The van der Waals surface area contributed by atoms with Crippen LogP contribution in [0.3, 0.4) is 0 Å². The fourth-order valence-electron chi connectivity index (χ4n) is 3.55. The lowest BCUT2D eigenvalue weighted by molar-refractivity contribution is -0.519. The molecule has 0 spiro atoms. The SMILES string of the molecule is Cc1c(C(c2ccccc2)[N+](=O)[O-])cc(S(=O)(=O)O)cc1C(c1ccccc1)[N+](=O)[O-]. The van der Waals surface area contributed by atoms with Crippen LogP contribution in [0.5, 0.6) is 0 Å². The molecule has 9 nitrogen and oxygen atoms in total. The van der Waals surface area contributed by atoms with E-state index in [1.165, 1.54) is 31.2 Å². The second-order valence-electron chi connectivity index (χ2n) is 6.90. The Hall–Kier alpha value is -3.63. The van der Waals surface area contributed by atoms with E-state index in [1.54, 1.807) is 36.4 Å². The summed E-state index contributed by atoms with van der Waals surface area (Å²) in [7, 11) is -4.79. The fraction of sp³-hybridized carbons (Fsp3) is 0.143. The average Bonchev–Trinajstić information content (AvgIpc) is 2.71. The maximum Gasteiger partial charge on any atom is 0.294 e. The van der Waals surface area contributed by atoms with Crippen molar-refractivity contribution >= 4 is 10.1 Å². The molecular formula is C21H18N2O7S. The molecular weight excluding hydrogens is 424 g/mol. The Kier molecular flexibility index (Phi) is 6.14. The molecule has 160 valence electrons. The Labute approximate surface area is 178 Å². The molecule has 31 heavy (non-hydrogen) atoms. The van der Waals surface area contributed by atoms with Gasteiger partial charge in [-0.25, -0.2) is 0 Å². The third kappa shape index (κ3) is 4.60. The molecule has 0 radical (unpaired) electrons. The van der Waals surface area contributed by atoms with E-state index < -0.39 is 36.9 Å². The van der Waals surface area contributed by atoms with Gasteiger partial charge in [0.2, 0.25) is 0 Å². The first-order chi connectivity index (χ1) is 14.6. The maximum atomic E-state index is 12.0. The highest BCUT2D eigenvalue weighted by Gasteiger charge is 2.35. The average molecular weight is 442 g/mol. The Morgan fingerprint density at radius 2 is 1.13 bits per heavy atom. The summed E-state index contributed by atoms with van der Waals surface area (Å²) in [6.07, 6.45) is 0. The first-order valence-corrected chi connectivity index (χ1v) is 10.5. The lowest BCUT2D eigenvalue weighted by atomic mass is 9.88. The molecule has 3 aromatic rings. The molecule has 0 aliphatic rings. The van der Waals surface area contributed by atoms with Gasteiger partial charge in [0.05, 0.1) is 4.90 Å². The number of hydrogen-bond donors (Lipinski definition) is 1. The Morgan fingerprint density at radius 3 is 1.42 bits per heavy atom. The highest BCUT2D eigenvalue weighted by molar-refractivity contribution is 7.85. The van der Waals surface area contributed by atoms with Crippen molar-refractivity contribution in [2.75, 3.05) is 0 Å². The van der Waals surface area contributed by atoms with Crippen molar-refractivity contribution in [2.45, 2.75) is 23.9 Å². The highest BCUT2D eigenvalue weighted by Crippen LogP contribution is 2.36. The second kappa shape index (κ2) is 8.62. The third-order valence-electron chi connectivity index (χ3n) is 5.00. The van der Waals surface area contributed by atoms with Crippen molar-refractivity contribution in [1.82, 2.24) is 0 Å². The minimum Gasteiger partial charge on any atom is -0.282 e. The van der Waals surface area contributed by atoms with Crippen LogP contribution in [-0.4, -0.2) is 22.8 Å². The third-order valence-corrected chi connectivity index (χ3v) is 5.83. The van der Waals surface area contributed by atoms with Crippen molar-refractivity contribution in [2.24, 2.45) is 0 Å². The number of benzene rings is 3. The summed E-state index contributed by atoms with van der Waals surface area (Å²) in [6, 6.07) is 14.8. The molecule has 0 fully saturated rings. The zero-order valence-electron chi connectivity index (χ0n) is 16.3. The summed E-state index contributed by atoms with van der Waals surface area (Å²) in [4.78, 5) is 22.1. The van der Waals surface area contributed by atoms with E-state index in [0.29, 0.717) is 0 Å². The zero-order chi connectivity index (χ0) is 22.8. The molecule has 0 aromatic heterocycles. The van der Waals surface area contributed by atoms with Crippen LogP contribution in [0.1, 0.15) is 39.9 Å².